The average molecular weight is 1050 g/mol. The molecule has 0 radical (unpaired) electrons. The highest BCUT2D eigenvalue weighted by molar-refractivity contribution is 7.21. The van der Waals surface area contributed by atoms with Gasteiger partial charge in [0, 0.05) is 66.6 Å². The number of pyridine rings is 1. The van der Waals surface area contributed by atoms with Crippen LogP contribution < -0.4 is 0 Å². The molecule has 0 saturated heterocycles. The van der Waals surface area contributed by atoms with Crippen LogP contribution >= 0.6 is 11.3 Å². The van der Waals surface area contributed by atoms with Gasteiger partial charge in [0.25, 0.3) is 0 Å². The van der Waals surface area contributed by atoms with Gasteiger partial charge in [-0.1, -0.05) is 84.9 Å². The molecule has 0 aliphatic heterocycles. The molecular formula is C70H36N10S. The van der Waals surface area contributed by atoms with Crippen molar-refractivity contribution in [3.05, 3.63) is 241 Å². The van der Waals surface area contributed by atoms with Crippen molar-refractivity contribution < 1.29 is 0 Å². The molecule has 0 fully saturated rings. The van der Waals surface area contributed by atoms with Crippen LogP contribution in [0.1, 0.15) is 22.3 Å². The van der Waals surface area contributed by atoms with Gasteiger partial charge < -0.3 is 18.3 Å². The first kappa shape index (κ1) is 45.6. The van der Waals surface area contributed by atoms with E-state index >= 15 is 0 Å². The Morgan fingerprint density at radius 2 is 0.654 bits per heavy atom. The molecule has 0 saturated carbocycles. The summed E-state index contributed by atoms with van der Waals surface area (Å²) in [6.07, 6.45) is 3.68. The summed E-state index contributed by atoms with van der Waals surface area (Å²) in [5.41, 5.74) is 15.8. The molecule has 0 unspecified atom stereocenters. The van der Waals surface area contributed by atoms with Crippen LogP contribution in [0.25, 0.3) is 142 Å². The van der Waals surface area contributed by atoms with Crippen molar-refractivity contribution in [2.24, 2.45) is 0 Å². The third-order valence-corrected chi connectivity index (χ3v) is 17.0. The summed E-state index contributed by atoms with van der Waals surface area (Å²) in [7, 11) is 0. The number of aromatic nitrogens is 6. The zero-order valence-electron chi connectivity index (χ0n) is 42.7. The Hall–Kier alpha value is -11.6. The van der Waals surface area contributed by atoms with E-state index in [9.17, 15) is 21.0 Å². The van der Waals surface area contributed by atoms with Gasteiger partial charge in [0.2, 0.25) is 0 Å². The number of nitriles is 4. The zero-order valence-corrected chi connectivity index (χ0v) is 43.5. The van der Waals surface area contributed by atoms with E-state index < -0.39 is 0 Å². The molecule has 0 bridgehead atoms. The van der Waals surface area contributed by atoms with E-state index in [-0.39, 0.29) is 0 Å². The van der Waals surface area contributed by atoms with Crippen molar-refractivity contribution >= 4 is 109 Å². The van der Waals surface area contributed by atoms with E-state index in [0.717, 1.165) is 142 Å². The molecule has 81 heavy (non-hydrogen) atoms. The third kappa shape index (κ3) is 6.50. The number of fused-ring (bicyclic) bond motifs is 13. The van der Waals surface area contributed by atoms with Crippen LogP contribution in [0.3, 0.4) is 0 Å². The molecule has 0 N–H and O–H groups in total. The van der Waals surface area contributed by atoms with E-state index in [4.69, 9.17) is 4.98 Å². The smallest absolute Gasteiger partial charge is 0.127 e. The summed E-state index contributed by atoms with van der Waals surface area (Å²) in [6, 6.07) is 79.5. The lowest BCUT2D eigenvalue weighted by atomic mass is 9.92. The monoisotopic (exact) mass is 1050 g/mol. The van der Waals surface area contributed by atoms with Gasteiger partial charge in [-0.3, -0.25) is 4.98 Å². The molecule has 6 aromatic heterocycles. The molecule has 10 nitrogen and oxygen atoms in total. The van der Waals surface area contributed by atoms with Crippen molar-refractivity contribution in [2.45, 2.75) is 0 Å². The highest BCUT2D eigenvalue weighted by Gasteiger charge is 2.36. The maximum atomic E-state index is 10.6. The minimum absolute atomic E-state index is 0.531. The molecule has 16 rings (SSSR count). The molecule has 372 valence electrons. The summed E-state index contributed by atoms with van der Waals surface area (Å²) in [5, 5.41) is 50.4. The van der Waals surface area contributed by atoms with Crippen LogP contribution in [-0.4, -0.2) is 28.2 Å². The standard InChI is InChI=1S/C70H36N10S/c71-37-41-21-25-59-50(33-41)46-11-1-6-16-55(46)77(59)66-64(45-29-31-75-32-30-45)65(70-76-54-15-5-10-20-63(54)81-70)67(78-56-17-7-2-12-47(56)51-34-42(38-72)22-26-60(51)78)69(80-58-19-9-4-14-49(58)53-36-44(40-74)24-28-62(53)80)68(66)79-57-18-8-3-13-48(57)52-35-43(39-73)23-27-61(52)79/h1-36H. The van der Waals surface area contributed by atoms with E-state index in [1.165, 1.54) is 0 Å². The Labute approximate surface area is 465 Å². The van der Waals surface area contributed by atoms with E-state index in [1.54, 1.807) is 11.3 Å². The molecule has 0 atom stereocenters. The molecule has 10 aromatic carbocycles. The first-order chi connectivity index (χ1) is 40.0. The summed E-state index contributed by atoms with van der Waals surface area (Å²) < 4.78 is 10.5. The van der Waals surface area contributed by atoms with E-state index in [2.05, 4.69) is 175 Å². The minimum atomic E-state index is 0.531. The number of para-hydroxylation sites is 5. The number of nitrogens with zero attached hydrogens (tertiary/aromatic N) is 10. The second-order valence-electron chi connectivity index (χ2n) is 20.2. The largest absolute Gasteiger partial charge is 0.306 e. The molecule has 11 heteroatoms. The Morgan fingerprint density at radius 3 is 1.04 bits per heavy atom. The molecule has 0 spiro atoms. The van der Waals surface area contributed by atoms with Crippen LogP contribution in [-0.2, 0) is 0 Å². The average Bonchev–Trinajstić information content (AvgIpc) is 2.28. The number of thiazole rings is 1. The molecule has 0 aliphatic rings. The highest BCUT2D eigenvalue weighted by atomic mass is 32.1. The second-order valence-corrected chi connectivity index (χ2v) is 21.2. The third-order valence-electron chi connectivity index (χ3n) is 16.0. The lowest BCUT2D eigenvalue weighted by Crippen LogP contribution is -2.16. The van der Waals surface area contributed by atoms with Crippen molar-refractivity contribution in [1.29, 1.82) is 21.0 Å². The fourth-order valence-corrected chi connectivity index (χ4v) is 13.7. The zero-order chi connectivity index (χ0) is 54.0. The number of hydrogen-bond acceptors (Lipinski definition) is 7. The van der Waals surface area contributed by atoms with Gasteiger partial charge in [-0.25, -0.2) is 4.98 Å². The topological polar surface area (TPSA) is 141 Å². The Bertz CT molecular complexity index is 5570. The molecule has 6 heterocycles. The predicted molar refractivity (Wildman–Crippen MR) is 325 cm³/mol. The summed E-state index contributed by atoms with van der Waals surface area (Å²) in [5.74, 6) is 0. The van der Waals surface area contributed by atoms with Crippen LogP contribution in [0.4, 0.5) is 0 Å². The van der Waals surface area contributed by atoms with Gasteiger partial charge in [-0.15, -0.1) is 11.3 Å². The fraction of sp³-hybridized carbons (Fsp3) is 0. The van der Waals surface area contributed by atoms with Gasteiger partial charge in [0.1, 0.15) is 5.01 Å². The highest BCUT2D eigenvalue weighted by Crippen LogP contribution is 2.55. The van der Waals surface area contributed by atoms with E-state index in [1.807, 2.05) is 91.3 Å². The molecular weight excluding hydrogens is 1010 g/mol. The second kappa shape index (κ2) is 17.5. The maximum absolute atomic E-state index is 10.6. The fourth-order valence-electron chi connectivity index (χ4n) is 12.7. The van der Waals surface area contributed by atoms with Gasteiger partial charge in [-0.05, 0) is 127 Å². The quantitative estimate of drug-likeness (QED) is 0.162. The number of benzene rings is 10. The number of hydrogen-bond donors (Lipinski definition) is 0. The van der Waals surface area contributed by atoms with Crippen molar-refractivity contribution in [1.82, 2.24) is 28.2 Å². The maximum Gasteiger partial charge on any atom is 0.127 e. The van der Waals surface area contributed by atoms with Gasteiger partial charge in [0.05, 0.1) is 124 Å². The van der Waals surface area contributed by atoms with Crippen molar-refractivity contribution in [3.63, 3.8) is 0 Å². The normalized spacial score (nSPS) is 11.7. The van der Waals surface area contributed by atoms with E-state index in [0.29, 0.717) is 22.3 Å². The van der Waals surface area contributed by atoms with Gasteiger partial charge >= 0.3 is 0 Å². The van der Waals surface area contributed by atoms with Crippen LogP contribution in [0.5, 0.6) is 0 Å². The lowest BCUT2D eigenvalue weighted by Gasteiger charge is -2.30. The minimum Gasteiger partial charge on any atom is -0.306 e. The predicted octanol–water partition coefficient (Wildman–Crippen LogP) is 16.9. The SMILES string of the molecule is N#Cc1ccc2c(c1)c1ccccc1n2-c1c(-c2ccncc2)c(-c2nc3ccccc3s2)c(-n2c3ccccc3c3cc(C#N)ccc32)c(-n2c3ccccc3c3cc(C#N)ccc32)c1-n1c2ccccc2c2cc(C#N)ccc21. The Balaban J connectivity index is 1.31. The summed E-state index contributed by atoms with van der Waals surface area (Å²) in [6.45, 7) is 0. The number of rotatable bonds is 6. The Morgan fingerprint density at radius 1 is 0.321 bits per heavy atom. The lowest BCUT2D eigenvalue weighted by molar-refractivity contribution is 1.02. The molecule has 16 aromatic rings. The van der Waals surface area contributed by atoms with Crippen LogP contribution in [0, 0.1) is 45.3 Å². The molecule has 0 aliphatic carbocycles. The van der Waals surface area contributed by atoms with Crippen LogP contribution in [0.15, 0.2) is 219 Å². The Kier molecular flexibility index (Phi) is 9.83. The molecule has 0 amide bonds. The first-order valence-corrected chi connectivity index (χ1v) is 27.1. The van der Waals surface area contributed by atoms with Gasteiger partial charge in [-0.2, -0.15) is 21.0 Å². The van der Waals surface area contributed by atoms with Crippen molar-refractivity contribution in [2.75, 3.05) is 0 Å². The summed E-state index contributed by atoms with van der Waals surface area (Å²) in [4.78, 5) is 10.4. The van der Waals surface area contributed by atoms with Gasteiger partial charge in [0.15, 0.2) is 0 Å². The first-order valence-electron chi connectivity index (χ1n) is 26.3. The van der Waals surface area contributed by atoms with Crippen molar-refractivity contribution in [3.8, 4) is 68.7 Å². The van der Waals surface area contributed by atoms with Crippen LogP contribution in [0.2, 0.25) is 0 Å². The summed E-state index contributed by atoms with van der Waals surface area (Å²) >= 11 is 1.63.